The van der Waals surface area contributed by atoms with Crippen LogP contribution in [-0.4, -0.2) is 21.5 Å². The molecular formula is C23H25FN4O2. The van der Waals surface area contributed by atoms with E-state index in [2.05, 4.69) is 27.8 Å². The third-order valence-electron chi connectivity index (χ3n) is 4.64. The van der Waals surface area contributed by atoms with Gasteiger partial charge in [-0.15, -0.1) is 0 Å². The van der Waals surface area contributed by atoms with Crippen LogP contribution in [0.4, 0.5) is 16.0 Å². The van der Waals surface area contributed by atoms with Crippen molar-refractivity contribution in [3.8, 4) is 0 Å². The highest BCUT2D eigenvalue weighted by molar-refractivity contribution is 5.76. The van der Waals surface area contributed by atoms with Gasteiger partial charge in [0, 0.05) is 23.5 Å². The number of carbonyl (C=O) groups is 1. The van der Waals surface area contributed by atoms with Gasteiger partial charge in [0.25, 0.3) is 5.56 Å². The number of rotatable bonds is 8. The molecule has 1 atom stereocenters. The van der Waals surface area contributed by atoms with Gasteiger partial charge in [-0.2, -0.15) is 0 Å². The zero-order valence-corrected chi connectivity index (χ0v) is 17.1. The number of nitrogens with one attached hydrogen (secondary N) is 2. The summed E-state index contributed by atoms with van der Waals surface area (Å²) in [4.78, 5) is 29.3. The van der Waals surface area contributed by atoms with Gasteiger partial charge in [-0.05, 0) is 50.5 Å². The molecule has 156 valence electrons. The SMILES string of the molecule is Cc1cc(=O)n(CC(=O)NC(C)CCc2ccccc2)c(Nc2cccc(F)c2)n1. The average Bonchev–Trinajstić information content (AvgIpc) is 2.70. The second kappa shape index (κ2) is 9.82. The molecule has 0 aliphatic rings. The quantitative estimate of drug-likeness (QED) is 0.597. The summed E-state index contributed by atoms with van der Waals surface area (Å²) in [6, 6.07) is 17.2. The molecule has 2 N–H and O–H groups in total. The number of aromatic nitrogens is 2. The predicted octanol–water partition coefficient (Wildman–Crippen LogP) is 3.57. The summed E-state index contributed by atoms with van der Waals surface area (Å²) in [5.74, 6) is -0.505. The molecule has 7 heteroatoms. The number of hydrogen-bond donors (Lipinski definition) is 2. The van der Waals surface area contributed by atoms with Crippen molar-refractivity contribution in [2.45, 2.75) is 39.3 Å². The van der Waals surface area contributed by atoms with E-state index in [-0.39, 0.29) is 30.0 Å². The molecule has 0 fully saturated rings. The lowest BCUT2D eigenvalue weighted by Gasteiger charge is -2.17. The number of amides is 1. The molecule has 1 aromatic heterocycles. The van der Waals surface area contributed by atoms with E-state index >= 15 is 0 Å². The van der Waals surface area contributed by atoms with E-state index in [1.54, 1.807) is 19.1 Å². The van der Waals surface area contributed by atoms with E-state index < -0.39 is 5.82 Å². The normalized spacial score (nSPS) is 11.7. The third-order valence-corrected chi connectivity index (χ3v) is 4.64. The van der Waals surface area contributed by atoms with Crippen molar-refractivity contribution < 1.29 is 9.18 Å². The molecule has 0 aliphatic carbocycles. The van der Waals surface area contributed by atoms with Crippen molar-refractivity contribution in [1.82, 2.24) is 14.9 Å². The maximum absolute atomic E-state index is 13.5. The number of nitrogens with zero attached hydrogens (tertiary/aromatic N) is 2. The molecule has 0 saturated carbocycles. The van der Waals surface area contributed by atoms with E-state index in [1.807, 2.05) is 25.1 Å². The van der Waals surface area contributed by atoms with Gasteiger partial charge >= 0.3 is 0 Å². The maximum Gasteiger partial charge on any atom is 0.255 e. The zero-order chi connectivity index (χ0) is 21.5. The summed E-state index contributed by atoms with van der Waals surface area (Å²) in [6.45, 7) is 3.44. The number of hydrogen-bond acceptors (Lipinski definition) is 4. The predicted molar refractivity (Wildman–Crippen MR) is 115 cm³/mol. The smallest absolute Gasteiger partial charge is 0.255 e. The van der Waals surface area contributed by atoms with Crippen LogP contribution in [0, 0.1) is 12.7 Å². The summed E-state index contributed by atoms with van der Waals surface area (Å²) < 4.78 is 14.7. The largest absolute Gasteiger partial charge is 0.352 e. The highest BCUT2D eigenvalue weighted by Gasteiger charge is 2.14. The monoisotopic (exact) mass is 408 g/mol. The lowest BCUT2D eigenvalue weighted by molar-refractivity contribution is -0.122. The fraction of sp³-hybridized carbons (Fsp3) is 0.261. The van der Waals surface area contributed by atoms with Crippen molar-refractivity contribution in [2.24, 2.45) is 0 Å². The Bertz CT molecular complexity index is 1070. The van der Waals surface area contributed by atoms with E-state index in [1.165, 1.54) is 28.3 Å². The minimum Gasteiger partial charge on any atom is -0.352 e. The summed E-state index contributed by atoms with van der Waals surface area (Å²) in [7, 11) is 0. The zero-order valence-electron chi connectivity index (χ0n) is 17.1. The van der Waals surface area contributed by atoms with Gasteiger partial charge in [0.05, 0.1) is 0 Å². The molecule has 0 radical (unpaired) electrons. The van der Waals surface area contributed by atoms with Crippen LogP contribution in [0.1, 0.15) is 24.6 Å². The number of carbonyl (C=O) groups excluding carboxylic acids is 1. The summed E-state index contributed by atoms with van der Waals surface area (Å²) in [5.41, 5.74) is 1.80. The second-order valence-electron chi connectivity index (χ2n) is 7.27. The Morgan fingerprint density at radius 3 is 2.63 bits per heavy atom. The van der Waals surface area contributed by atoms with Crippen molar-refractivity contribution in [1.29, 1.82) is 0 Å². The van der Waals surface area contributed by atoms with Gasteiger partial charge in [-0.1, -0.05) is 36.4 Å². The number of benzene rings is 2. The average molecular weight is 408 g/mol. The van der Waals surface area contributed by atoms with Crippen LogP contribution in [0.15, 0.2) is 65.5 Å². The van der Waals surface area contributed by atoms with Gasteiger partial charge in [-0.25, -0.2) is 9.37 Å². The third kappa shape index (κ3) is 6.01. The van der Waals surface area contributed by atoms with Gasteiger partial charge in [0.1, 0.15) is 12.4 Å². The Kier molecular flexibility index (Phi) is 6.95. The molecule has 1 unspecified atom stereocenters. The molecule has 3 rings (SSSR count). The molecule has 30 heavy (non-hydrogen) atoms. The van der Waals surface area contributed by atoms with Gasteiger partial charge in [0.2, 0.25) is 11.9 Å². The molecule has 0 saturated heterocycles. The van der Waals surface area contributed by atoms with Crippen LogP contribution in [0.25, 0.3) is 0 Å². The van der Waals surface area contributed by atoms with Crippen molar-refractivity contribution in [3.63, 3.8) is 0 Å². The fourth-order valence-corrected chi connectivity index (χ4v) is 3.13. The summed E-state index contributed by atoms with van der Waals surface area (Å²) >= 11 is 0. The highest BCUT2D eigenvalue weighted by Crippen LogP contribution is 2.15. The van der Waals surface area contributed by atoms with Crippen LogP contribution >= 0.6 is 0 Å². The lowest BCUT2D eigenvalue weighted by Crippen LogP contribution is -2.38. The maximum atomic E-state index is 13.5. The van der Waals surface area contributed by atoms with Gasteiger partial charge in [-0.3, -0.25) is 14.2 Å². The molecule has 3 aromatic rings. The Morgan fingerprint density at radius 2 is 1.90 bits per heavy atom. The summed E-state index contributed by atoms with van der Waals surface area (Å²) in [6.07, 6.45) is 1.63. The molecule has 0 aliphatic heterocycles. The molecule has 0 spiro atoms. The first-order chi connectivity index (χ1) is 14.4. The number of anilines is 2. The Labute approximate surface area is 174 Å². The Morgan fingerprint density at radius 1 is 1.13 bits per heavy atom. The van der Waals surface area contributed by atoms with Crippen LogP contribution in [-0.2, 0) is 17.8 Å². The van der Waals surface area contributed by atoms with E-state index in [0.717, 1.165) is 12.8 Å². The van der Waals surface area contributed by atoms with Gasteiger partial charge in [0.15, 0.2) is 0 Å². The van der Waals surface area contributed by atoms with Crippen LogP contribution in [0.2, 0.25) is 0 Å². The summed E-state index contributed by atoms with van der Waals surface area (Å²) in [5, 5.41) is 5.86. The Balaban J connectivity index is 1.67. The number of aryl methyl sites for hydroxylation is 2. The Hall–Kier alpha value is -3.48. The van der Waals surface area contributed by atoms with Crippen molar-refractivity contribution in [3.05, 3.63) is 88.1 Å². The van der Waals surface area contributed by atoms with E-state index in [0.29, 0.717) is 11.4 Å². The number of halogens is 1. The molecule has 0 bridgehead atoms. The highest BCUT2D eigenvalue weighted by atomic mass is 19.1. The molecular weight excluding hydrogens is 383 g/mol. The first-order valence-electron chi connectivity index (χ1n) is 9.85. The van der Waals surface area contributed by atoms with Crippen molar-refractivity contribution >= 4 is 17.5 Å². The molecule has 6 nitrogen and oxygen atoms in total. The van der Waals surface area contributed by atoms with Crippen LogP contribution in [0.5, 0.6) is 0 Å². The first kappa shape index (κ1) is 21.2. The molecule has 2 aromatic carbocycles. The van der Waals surface area contributed by atoms with E-state index in [9.17, 15) is 14.0 Å². The minimum atomic E-state index is -0.411. The van der Waals surface area contributed by atoms with Gasteiger partial charge < -0.3 is 10.6 Å². The molecule has 1 amide bonds. The lowest BCUT2D eigenvalue weighted by atomic mass is 10.1. The first-order valence-corrected chi connectivity index (χ1v) is 9.85. The second-order valence-corrected chi connectivity index (χ2v) is 7.27. The fourth-order valence-electron chi connectivity index (χ4n) is 3.13. The van der Waals surface area contributed by atoms with E-state index in [4.69, 9.17) is 0 Å². The minimum absolute atomic E-state index is 0.0496. The van der Waals surface area contributed by atoms with Crippen LogP contribution in [0.3, 0.4) is 0 Å². The topological polar surface area (TPSA) is 76.0 Å². The molecule has 1 heterocycles. The standard InChI is InChI=1S/C23H25FN4O2/c1-16(11-12-18-7-4-3-5-8-18)25-21(29)15-28-22(30)13-17(2)26-23(28)27-20-10-6-9-19(24)14-20/h3-10,13-14,16H,11-12,15H2,1-2H3,(H,25,29)(H,26,27). The van der Waals surface area contributed by atoms with Crippen molar-refractivity contribution in [2.75, 3.05) is 5.32 Å². The van der Waals surface area contributed by atoms with Crippen LogP contribution < -0.4 is 16.2 Å².